The van der Waals surface area contributed by atoms with Gasteiger partial charge in [0.15, 0.2) is 11.5 Å². The molecule has 0 aromatic heterocycles. The van der Waals surface area contributed by atoms with Crippen LogP contribution in [0.2, 0.25) is 0 Å². The zero-order valence-corrected chi connectivity index (χ0v) is 17.7. The number of benzene rings is 2. The first-order valence-corrected chi connectivity index (χ1v) is 9.95. The van der Waals surface area contributed by atoms with Gasteiger partial charge in [0.25, 0.3) is 0 Å². The first-order valence-electron chi connectivity index (χ1n) is 9.95. The molecule has 0 spiro atoms. The monoisotopic (exact) mass is 422 g/mol. The summed E-state index contributed by atoms with van der Waals surface area (Å²) in [4.78, 5) is 26.1. The molecule has 1 fully saturated rings. The van der Waals surface area contributed by atoms with Gasteiger partial charge in [0.05, 0.1) is 19.9 Å². The van der Waals surface area contributed by atoms with E-state index in [0.717, 1.165) is 12.0 Å². The van der Waals surface area contributed by atoms with E-state index in [2.05, 4.69) is 11.9 Å². The zero-order chi connectivity index (χ0) is 22.2. The van der Waals surface area contributed by atoms with Gasteiger partial charge in [-0.25, -0.2) is 0 Å². The molecular formula is C24H26N2O5. The molecule has 2 aromatic carbocycles. The van der Waals surface area contributed by atoms with Crippen LogP contribution in [0.25, 0.3) is 6.08 Å². The molecule has 0 atom stereocenters. The van der Waals surface area contributed by atoms with E-state index in [1.54, 1.807) is 61.6 Å². The van der Waals surface area contributed by atoms with E-state index in [1.807, 2.05) is 6.07 Å². The Kier molecular flexibility index (Phi) is 7.32. The summed E-state index contributed by atoms with van der Waals surface area (Å²) in [7, 11) is 3.10. The largest absolute Gasteiger partial charge is 0.494 e. The van der Waals surface area contributed by atoms with Crippen LogP contribution in [0.1, 0.15) is 18.4 Å². The minimum absolute atomic E-state index is 0.0781. The highest BCUT2D eigenvalue weighted by Crippen LogP contribution is 2.34. The van der Waals surface area contributed by atoms with Crippen molar-refractivity contribution in [3.05, 3.63) is 60.7 Å². The molecular weight excluding hydrogens is 396 g/mol. The smallest absolute Gasteiger partial charge is 0.248 e. The Bertz CT molecular complexity index is 999. The first-order chi connectivity index (χ1) is 15.0. The Morgan fingerprint density at radius 1 is 1.13 bits per heavy atom. The van der Waals surface area contributed by atoms with Gasteiger partial charge in [0.2, 0.25) is 11.8 Å². The van der Waals surface area contributed by atoms with Crippen LogP contribution in [0.15, 0.2) is 55.1 Å². The molecule has 2 aromatic rings. The second-order valence-electron chi connectivity index (χ2n) is 6.87. The van der Waals surface area contributed by atoms with Crippen molar-refractivity contribution in [3.8, 4) is 17.2 Å². The van der Waals surface area contributed by atoms with Crippen molar-refractivity contribution in [1.82, 2.24) is 0 Å². The van der Waals surface area contributed by atoms with E-state index in [1.165, 1.54) is 6.08 Å². The number of rotatable bonds is 9. The summed E-state index contributed by atoms with van der Waals surface area (Å²) in [5.41, 5.74) is 2.08. The van der Waals surface area contributed by atoms with Crippen LogP contribution in [-0.2, 0) is 9.59 Å². The number of carbonyl (C=O) groups excluding carboxylic acids is 2. The molecule has 0 saturated carbocycles. The molecule has 162 valence electrons. The van der Waals surface area contributed by atoms with E-state index in [-0.39, 0.29) is 11.8 Å². The topological polar surface area (TPSA) is 77.1 Å². The summed E-state index contributed by atoms with van der Waals surface area (Å²) in [6, 6.07) is 10.6. The van der Waals surface area contributed by atoms with Gasteiger partial charge < -0.3 is 24.4 Å². The fourth-order valence-corrected chi connectivity index (χ4v) is 3.29. The van der Waals surface area contributed by atoms with Crippen LogP contribution in [-0.4, -0.2) is 39.2 Å². The van der Waals surface area contributed by atoms with Crippen molar-refractivity contribution in [1.29, 1.82) is 0 Å². The molecule has 7 nitrogen and oxygen atoms in total. The van der Waals surface area contributed by atoms with Crippen LogP contribution in [0.5, 0.6) is 17.2 Å². The van der Waals surface area contributed by atoms with E-state index in [9.17, 15) is 9.59 Å². The van der Waals surface area contributed by atoms with Gasteiger partial charge in [0, 0.05) is 30.8 Å². The van der Waals surface area contributed by atoms with Crippen LogP contribution in [0.4, 0.5) is 11.4 Å². The highest BCUT2D eigenvalue weighted by molar-refractivity contribution is 6.03. The van der Waals surface area contributed by atoms with Crippen LogP contribution in [0.3, 0.4) is 0 Å². The molecule has 0 aliphatic carbocycles. The lowest BCUT2D eigenvalue weighted by Gasteiger charge is -2.19. The van der Waals surface area contributed by atoms with Crippen molar-refractivity contribution < 1.29 is 23.8 Å². The minimum Gasteiger partial charge on any atom is -0.494 e. The number of anilines is 2. The molecule has 1 saturated heterocycles. The highest BCUT2D eigenvalue weighted by atomic mass is 16.5. The van der Waals surface area contributed by atoms with E-state index >= 15 is 0 Å². The molecule has 0 unspecified atom stereocenters. The number of amides is 2. The maximum Gasteiger partial charge on any atom is 0.248 e. The fourth-order valence-electron chi connectivity index (χ4n) is 3.29. The Labute approximate surface area is 181 Å². The maximum absolute atomic E-state index is 12.4. The molecule has 1 aliphatic rings. The number of nitrogens with zero attached hydrogens (tertiary/aromatic N) is 1. The lowest BCUT2D eigenvalue weighted by molar-refractivity contribution is -0.117. The number of hydrogen-bond acceptors (Lipinski definition) is 5. The lowest BCUT2D eigenvalue weighted by Crippen LogP contribution is -2.24. The molecule has 1 heterocycles. The number of hydrogen-bond donors (Lipinski definition) is 1. The SMILES string of the molecule is C=CCOc1ccc(/C=C/C(=O)Nc2ccc(N3CCCC3=O)c(OC)c2)cc1OC. The Hall–Kier alpha value is -3.74. The number of methoxy groups -OCH3 is 2. The average molecular weight is 422 g/mol. The highest BCUT2D eigenvalue weighted by Gasteiger charge is 2.24. The summed E-state index contributed by atoms with van der Waals surface area (Å²) in [6.07, 6.45) is 6.14. The molecule has 31 heavy (non-hydrogen) atoms. The third-order valence-corrected chi connectivity index (χ3v) is 4.78. The Morgan fingerprint density at radius 2 is 1.94 bits per heavy atom. The van der Waals surface area contributed by atoms with Gasteiger partial charge in [-0.2, -0.15) is 0 Å². The van der Waals surface area contributed by atoms with E-state index in [4.69, 9.17) is 14.2 Å². The summed E-state index contributed by atoms with van der Waals surface area (Å²) in [5, 5.41) is 2.81. The van der Waals surface area contributed by atoms with Crippen molar-refractivity contribution in [2.45, 2.75) is 12.8 Å². The Balaban J connectivity index is 1.68. The van der Waals surface area contributed by atoms with Gasteiger partial charge >= 0.3 is 0 Å². The molecule has 2 amide bonds. The van der Waals surface area contributed by atoms with Crippen molar-refractivity contribution >= 4 is 29.3 Å². The summed E-state index contributed by atoms with van der Waals surface area (Å²) >= 11 is 0. The molecule has 7 heteroatoms. The second kappa shape index (κ2) is 10.3. The van der Waals surface area contributed by atoms with Gasteiger partial charge in [0.1, 0.15) is 12.4 Å². The Morgan fingerprint density at radius 3 is 2.61 bits per heavy atom. The van der Waals surface area contributed by atoms with Crippen molar-refractivity contribution in [3.63, 3.8) is 0 Å². The number of nitrogens with one attached hydrogen (secondary N) is 1. The number of ether oxygens (including phenoxy) is 3. The molecule has 3 rings (SSSR count). The third kappa shape index (κ3) is 5.45. The zero-order valence-electron chi connectivity index (χ0n) is 17.7. The van der Waals surface area contributed by atoms with Gasteiger partial charge in [-0.05, 0) is 42.3 Å². The molecule has 1 N–H and O–H groups in total. The van der Waals surface area contributed by atoms with Crippen LogP contribution in [0, 0.1) is 0 Å². The lowest BCUT2D eigenvalue weighted by atomic mass is 10.2. The first kappa shape index (κ1) is 22.0. The van der Waals surface area contributed by atoms with Gasteiger partial charge in [-0.15, -0.1) is 0 Å². The van der Waals surface area contributed by atoms with Gasteiger partial charge in [-0.1, -0.05) is 18.7 Å². The fraction of sp³-hybridized carbons (Fsp3) is 0.250. The molecule has 0 bridgehead atoms. The number of carbonyl (C=O) groups is 2. The normalized spacial score (nSPS) is 13.4. The minimum atomic E-state index is -0.294. The molecule has 0 radical (unpaired) electrons. The standard InChI is InChI=1S/C24H26N2O5/c1-4-14-31-20-11-7-17(15-22(20)30-3)8-12-23(27)25-18-9-10-19(21(16-18)29-2)26-13-5-6-24(26)28/h4,7-12,15-16H,1,5-6,13-14H2,2-3H3,(H,25,27)/b12-8+. The van der Waals surface area contributed by atoms with Crippen molar-refractivity contribution in [2.75, 3.05) is 37.6 Å². The maximum atomic E-state index is 12.4. The van der Waals surface area contributed by atoms with Crippen LogP contribution >= 0.6 is 0 Å². The average Bonchev–Trinajstić information content (AvgIpc) is 3.21. The van der Waals surface area contributed by atoms with E-state index in [0.29, 0.717) is 48.2 Å². The van der Waals surface area contributed by atoms with Crippen molar-refractivity contribution in [2.24, 2.45) is 0 Å². The molecule has 1 aliphatic heterocycles. The van der Waals surface area contributed by atoms with E-state index < -0.39 is 0 Å². The quantitative estimate of drug-likeness (QED) is 0.487. The predicted molar refractivity (Wildman–Crippen MR) is 121 cm³/mol. The summed E-state index contributed by atoms with van der Waals surface area (Å²) < 4.78 is 16.3. The second-order valence-corrected chi connectivity index (χ2v) is 6.87. The third-order valence-electron chi connectivity index (χ3n) is 4.78. The summed E-state index contributed by atoms with van der Waals surface area (Å²) in [5.74, 6) is 1.50. The predicted octanol–water partition coefficient (Wildman–Crippen LogP) is 4.05. The van der Waals surface area contributed by atoms with Gasteiger partial charge in [-0.3, -0.25) is 9.59 Å². The van der Waals surface area contributed by atoms with Crippen LogP contribution < -0.4 is 24.4 Å². The summed E-state index contributed by atoms with van der Waals surface area (Å²) in [6.45, 7) is 4.67.